The van der Waals surface area contributed by atoms with E-state index >= 15 is 0 Å². The molecular formula is C22H27NO3. The molecule has 1 N–H and O–H groups in total. The fraction of sp³-hybridized carbons (Fsp3) is 0.364. The van der Waals surface area contributed by atoms with Crippen molar-refractivity contribution < 1.29 is 14.6 Å². The second kappa shape index (κ2) is 7.23. The molecule has 0 saturated heterocycles. The number of methoxy groups -OCH3 is 2. The highest BCUT2D eigenvalue weighted by atomic mass is 16.7. The molecule has 0 fully saturated rings. The van der Waals surface area contributed by atoms with Gasteiger partial charge < -0.3 is 19.5 Å². The van der Waals surface area contributed by atoms with Crippen LogP contribution in [0.3, 0.4) is 0 Å². The van der Waals surface area contributed by atoms with E-state index in [1.807, 2.05) is 73.6 Å². The molecule has 0 bridgehead atoms. The molecule has 0 saturated carbocycles. The first-order valence-electron chi connectivity index (χ1n) is 8.85. The van der Waals surface area contributed by atoms with Crippen LogP contribution in [0.4, 0.5) is 0 Å². The van der Waals surface area contributed by atoms with Gasteiger partial charge in [0.05, 0.1) is 0 Å². The highest BCUT2D eigenvalue weighted by Crippen LogP contribution is 2.46. The molecule has 3 rings (SSSR count). The zero-order valence-electron chi connectivity index (χ0n) is 15.9. The SMILES string of the molecule is COC(OC)(c1ccccc1)c1ccccc1C1(O)CCC=C1N(C)C. The van der Waals surface area contributed by atoms with Crippen molar-refractivity contribution in [2.45, 2.75) is 24.2 Å². The summed E-state index contributed by atoms with van der Waals surface area (Å²) >= 11 is 0. The summed E-state index contributed by atoms with van der Waals surface area (Å²) < 4.78 is 11.9. The minimum absolute atomic E-state index is 0.635. The monoisotopic (exact) mass is 353 g/mol. The van der Waals surface area contributed by atoms with Crippen molar-refractivity contribution in [3.05, 3.63) is 83.1 Å². The molecule has 26 heavy (non-hydrogen) atoms. The Morgan fingerprint density at radius 2 is 1.58 bits per heavy atom. The van der Waals surface area contributed by atoms with Crippen LogP contribution in [0.25, 0.3) is 0 Å². The summed E-state index contributed by atoms with van der Waals surface area (Å²) in [4.78, 5) is 1.98. The maximum absolute atomic E-state index is 11.7. The molecule has 4 nitrogen and oxygen atoms in total. The first-order valence-corrected chi connectivity index (χ1v) is 8.85. The molecule has 0 radical (unpaired) electrons. The van der Waals surface area contributed by atoms with Gasteiger partial charge in [-0.25, -0.2) is 0 Å². The maximum atomic E-state index is 11.7. The molecule has 1 aliphatic rings. The number of benzene rings is 2. The summed E-state index contributed by atoms with van der Waals surface area (Å²) in [5.41, 5.74) is 2.34. The largest absolute Gasteiger partial charge is 0.379 e. The maximum Gasteiger partial charge on any atom is 0.222 e. The standard InChI is InChI=1S/C22H27NO3/c1-23(2)20-15-10-16-21(20,24)18-13-8-9-14-19(18)22(25-3,26-4)17-11-6-5-7-12-17/h5-9,11-15,24H,10,16H2,1-4H3. The normalized spacial score (nSPS) is 20.1. The molecule has 1 aliphatic carbocycles. The molecule has 0 heterocycles. The van der Waals surface area contributed by atoms with E-state index in [4.69, 9.17) is 9.47 Å². The van der Waals surface area contributed by atoms with Gasteiger partial charge in [-0.05, 0) is 18.4 Å². The first kappa shape index (κ1) is 18.6. The van der Waals surface area contributed by atoms with E-state index in [1.54, 1.807) is 14.2 Å². The topological polar surface area (TPSA) is 41.9 Å². The van der Waals surface area contributed by atoms with Crippen LogP contribution in [0.2, 0.25) is 0 Å². The fourth-order valence-electron chi connectivity index (χ4n) is 4.02. The van der Waals surface area contributed by atoms with Crippen molar-refractivity contribution in [3.63, 3.8) is 0 Å². The van der Waals surface area contributed by atoms with E-state index in [0.29, 0.717) is 6.42 Å². The van der Waals surface area contributed by atoms with Crippen molar-refractivity contribution in [1.82, 2.24) is 4.90 Å². The van der Waals surface area contributed by atoms with Gasteiger partial charge in [0, 0.05) is 45.1 Å². The summed E-state index contributed by atoms with van der Waals surface area (Å²) in [6.07, 6.45) is 3.56. The van der Waals surface area contributed by atoms with E-state index in [0.717, 1.165) is 28.8 Å². The van der Waals surface area contributed by atoms with Crippen LogP contribution < -0.4 is 0 Å². The summed E-state index contributed by atoms with van der Waals surface area (Å²) in [7, 11) is 7.19. The molecule has 0 aliphatic heterocycles. The highest BCUT2D eigenvalue weighted by Gasteiger charge is 2.45. The first-order chi connectivity index (χ1) is 12.5. The smallest absolute Gasteiger partial charge is 0.222 e. The van der Waals surface area contributed by atoms with Gasteiger partial charge in [0.2, 0.25) is 5.79 Å². The third-order valence-corrected chi connectivity index (χ3v) is 5.21. The Bertz CT molecular complexity index is 781. The summed E-state index contributed by atoms with van der Waals surface area (Å²) in [6, 6.07) is 17.7. The van der Waals surface area contributed by atoms with E-state index in [9.17, 15) is 5.11 Å². The zero-order valence-corrected chi connectivity index (χ0v) is 15.9. The van der Waals surface area contributed by atoms with Crippen LogP contribution in [0.5, 0.6) is 0 Å². The van der Waals surface area contributed by atoms with Gasteiger partial charge in [0.25, 0.3) is 0 Å². The predicted molar refractivity (Wildman–Crippen MR) is 103 cm³/mol. The summed E-state index contributed by atoms with van der Waals surface area (Å²) in [5.74, 6) is -1.09. The molecule has 0 spiro atoms. The van der Waals surface area contributed by atoms with Crippen LogP contribution in [0, 0.1) is 0 Å². The third kappa shape index (κ3) is 2.84. The average molecular weight is 353 g/mol. The highest BCUT2D eigenvalue weighted by molar-refractivity contribution is 5.46. The Morgan fingerprint density at radius 1 is 0.962 bits per heavy atom. The minimum Gasteiger partial charge on any atom is -0.379 e. The Kier molecular flexibility index (Phi) is 5.19. The number of rotatable bonds is 6. The summed E-state index contributed by atoms with van der Waals surface area (Å²) in [5, 5.41) is 11.7. The van der Waals surface area contributed by atoms with E-state index < -0.39 is 11.4 Å². The lowest BCUT2D eigenvalue weighted by Crippen LogP contribution is -2.39. The Labute approximate surface area is 155 Å². The van der Waals surface area contributed by atoms with Crippen LogP contribution >= 0.6 is 0 Å². The van der Waals surface area contributed by atoms with Crippen molar-refractivity contribution in [1.29, 1.82) is 0 Å². The number of hydrogen-bond acceptors (Lipinski definition) is 4. The second-order valence-corrected chi connectivity index (χ2v) is 6.82. The molecule has 1 atom stereocenters. The van der Waals surface area contributed by atoms with Crippen LogP contribution in [-0.4, -0.2) is 38.3 Å². The molecule has 0 amide bonds. The molecule has 138 valence electrons. The van der Waals surface area contributed by atoms with Crippen molar-refractivity contribution >= 4 is 0 Å². The molecule has 2 aromatic rings. The fourth-order valence-corrected chi connectivity index (χ4v) is 4.02. The van der Waals surface area contributed by atoms with Gasteiger partial charge in [0.1, 0.15) is 5.60 Å². The van der Waals surface area contributed by atoms with Crippen molar-refractivity contribution in [2.24, 2.45) is 0 Å². The quantitative estimate of drug-likeness (QED) is 0.806. The Morgan fingerprint density at radius 3 is 2.19 bits per heavy atom. The Hall–Kier alpha value is -2.14. The average Bonchev–Trinajstić information content (AvgIpc) is 3.08. The van der Waals surface area contributed by atoms with Gasteiger partial charge >= 0.3 is 0 Å². The lowest BCUT2D eigenvalue weighted by molar-refractivity contribution is -0.185. The number of nitrogens with zero attached hydrogens (tertiary/aromatic N) is 1. The number of ether oxygens (including phenoxy) is 2. The molecule has 2 aromatic carbocycles. The van der Waals surface area contributed by atoms with Crippen LogP contribution in [0.1, 0.15) is 29.5 Å². The van der Waals surface area contributed by atoms with Crippen LogP contribution in [-0.2, 0) is 20.9 Å². The van der Waals surface area contributed by atoms with Crippen LogP contribution in [0.15, 0.2) is 66.4 Å². The van der Waals surface area contributed by atoms with Crippen molar-refractivity contribution in [2.75, 3.05) is 28.3 Å². The van der Waals surface area contributed by atoms with Gasteiger partial charge in [0.15, 0.2) is 0 Å². The molecular weight excluding hydrogens is 326 g/mol. The van der Waals surface area contributed by atoms with Gasteiger partial charge in [-0.15, -0.1) is 0 Å². The third-order valence-electron chi connectivity index (χ3n) is 5.21. The number of allylic oxidation sites excluding steroid dienone is 1. The lowest BCUT2D eigenvalue weighted by atomic mass is 9.82. The van der Waals surface area contributed by atoms with E-state index in [-0.39, 0.29) is 0 Å². The molecule has 4 heteroatoms. The number of likely N-dealkylation sites (N-methyl/N-ethyl adjacent to an activating group) is 1. The summed E-state index contributed by atoms with van der Waals surface area (Å²) in [6.45, 7) is 0. The number of hydrogen-bond donors (Lipinski definition) is 1. The van der Waals surface area contributed by atoms with Crippen molar-refractivity contribution in [3.8, 4) is 0 Å². The van der Waals surface area contributed by atoms with Gasteiger partial charge in [-0.2, -0.15) is 0 Å². The van der Waals surface area contributed by atoms with Gasteiger partial charge in [-0.3, -0.25) is 0 Å². The predicted octanol–water partition coefficient (Wildman–Crippen LogP) is 3.61. The van der Waals surface area contributed by atoms with E-state index in [2.05, 4.69) is 6.08 Å². The number of aliphatic hydroxyl groups is 1. The molecule has 0 aromatic heterocycles. The van der Waals surface area contributed by atoms with E-state index in [1.165, 1.54) is 0 Å². The second-order valence-electron chi connectivity index (χ2n) is 6.82. The zero-order chi connectivity index (χ0) is 18.8. The van der Waals surface area contributed by atoms with Gasteiger partial charge in [-0.1, -0.05) is 60.7 Å². The molecule has 1 unspecified atom stereocenters. The lowest BCUT2D eigenvalue weighted by Gasteiger charge is -2.38. The minimum atomic E-state index is -1.09. The Balaban J connectivity index is 2.22.